The molecule has 22 heavy (non-hydrogen) atoms. The molecule has 0 saturated carbocycles. The van der Waals surface area contributed by atoms with Gasteiger partial charge < -0.3 is 10.2 Å². The lowest BCUT2D eigenvalue weighted by molar-refractivity contribution is 0.0651. The van der Waals surface area contributed by atoms with Gasteiger partial charge in [-0.2, -0.15) is 0 Å². The van der Waals surface area contributed by atoms with Gasteiger partial charge in [0.05, 0.1) is 11.1 Å². The molecular weight excluding hydrogens is 280 g/mol. The number of rotatable bonds is 9. The van der Waals surface area contributed by atoms with Gasteiger partial charge in [0.2, 0.25) is 0 Å². The molecule has 124 valence electrons. The van der Waals surface area contributed by atoms with Crippen molar-refractivity contribution in [2.45, 2.75) is 65.2 Å². The van der Waals surface area contributed by atoms with Crippen LogP contribution in [0.5, 0.6) is 0 Å². The van der Waals surface area contributed by atoms with E-state index in [1.54, 1.807) is 0 Å². The van der Waals surface area contributed by atoms with Gasteiger partial charge in [0.15, 0.2) is 0 Å². The second kappa shape index (κ2) is 12.9. The number of hydrogen-bond acceptors (Lipinski definition) is 2. The molecule has 0 atom stereocenters. The van der Waals surface area contributed by atoms with Crippen molar-refractivity contribution in [3.8, 4) is 0 Å². The summed E-state index contributed by atoms with van der Waals surface area (Å²) < 4.78 is 0. The lowest BCUT2D eigenvalue weighted by atomic mass is 10.1. The van der Waals surface area contributed by atoms with Gasteiger partial charge in [-0.3, -0.25) is 0 Å². The van der Waals surface area contributed by atoms with Gasteiger partial charge in [-0.15, -0.1) is 0 Å². The molecule has 0 aliphatic rings. The Morgan fingerprint density at radius 2 is 1.05 bits per heavy atom. The van der Waals surface area contributed by atoms with Crippen LogP contribution in [0.1, 0.15) is 85.9 Å². The van der Waals surface area contributed by atoms with E-state index in [4.69, 9.17) is 10.2 Å². The molecule has 0 saturated heterocycles. The molecule has 0 unspecified atom stereocenters. The van der Waals surface area contributed by atoms with Gasteiger partial charge in [-0.05, 0) is 12.1 Å². The second-order valence-corrected chi connectivity index (χ2v) is 5.28. The zero-order valence-electron chi connectivity index (χ0n) is 13.7. The van der Waals surface area contributed by atoms with Crippen LogP contribution in [0.25, 0.3) is 0 Å². The summed E-state index contributed by atoms with van der Waals surface area (Å²) in [6.45, 7) is 4.54. The van der Waals surface area contributed by atoms with Crippen molar-refractivity contribution in [3.63, 3.8) is 0 Å². The van der Waals surface area contributed by atoms with E-state index in [1.165, 1.54) is 75.6 Å². The Bertz CT molecular complexity index is 399. The Labute approximate surface area is 133 Å². The molecule has 1 aromatic rings. The third-order valence-electron chi connectivity index (χ3n) is 3.34. The van der Waals surface area contributed by atoms with E-state index < -0.39 is 11.9 Å². The van der Waals surface area contributed by atoms with Crippen LogP contribution in [0.2, 0.25) is 0 Å². The van der Waals surface area contributed by atoms with Crippen molar-refractivity contribution < 1.29 is 19.8 Å². The first-order chi connectivity index (χ1) is 10.5. The number of carboxylic acids is 2. The van der Waals surface area contributed by atoms with Crippen LogP contribution in [0, 0.1) is 0 Å². The first kappa shape index (κ1) is 20.2. The Hall–Kier alpha value is -1.84. The zero-order valence-corrected chi connectivity index (χ0v) is 13.7. The maximum atomic E-state index is 10.5. The van der Waals surface area contributed by atoms with Crippen molar-refractivity contribution in [3.05, 3.63) is 35.4 Å². The number of aromatic carboxylic acids is 2. The fourth-order valence-corrected chi connectivity index (χ4v) is 2.06. The van der Waals surface area contributed by atoms with Crippen molar-refractivity contribution in [1.29, 1.82) is 0 Å². The van der Waals surface area contributed by atoms with E-state index in [1.807, 2.05) is 0 Å². The zero-order chi connectivity index (χ0) is 16.8. The molecule has 4 heteroatoms. The molecular formula is C18H28O4. The van der Waals surface area contributed by atoms with Gasteiger partial charge in [0, 0.05) is 0 Å². The fourth-order valence-electron chi connectivity index (χ4n) is 2.06. The molecule has 1 rings (SSSR count). The minimum absolute atomic E-state index is 0.190. The Balaban J connectivity index is 0.000000409. The van der Waals surface area contributed by atoms with Crippen molar-refractivity contribution in [1.82, 2.24) is 0 Å². The molecule has 0 aliphatic carbocycles. The molecule has 0 aliphatic heterocycles. The van der Waals surface area contributed by atoms with Gasteiger partial charge in [0.25, 0.3) is 0 Å². The molecule has 0 spiro atoms. The molecule has 0 fully saturated rings. The highest BCUT2D eigenvalue weighted by Crippen LogP contribution is 2.08. The minimum atomic E-state index is -1.23. The number of carbonyl (C=O) groups is 2. The summed E-state index contributed by atoms with van der Waals surface area (Å²) in [6.07, 6.45) is 11.5. The summed E-state index contributed by atoms with van der Waals surface area (Å²) in [5.41, 5.74) is -0.380. The van der Waals surface area contributed by atoms with Gasteiger partial charge in [0.1, 0.15) is 0 Å². The Kier molecular flexibility index (Phi) is 11.8. The van der Waals surface area contributed by atoms with Crippen LogP contribution in [-0.2, 0) is 0 Å². The number of unbranched alkanes of at least 4 members (excludes halogenated alkanes) is 7. The van der Waals surface area contributed by atoms with E-state index >= 15 is 0 Å². The molecule has 0 heterocycles. The third kappa shape index (κ3) is 9.16. The van der Waals surface area contributed by atoms with Crippen molar-refractivity contribution >= 4 is 11.9 Å². The molecule has 4 nitrogen and oxygen atoms in total. The average molecular weight is 308 g/mol. The normalized spacial score (nSPS) is 9.73. The lowest BCUT2D eigenvalue weighted by Crippen LogP contribution is -2.06. The largest absolute Gasteiger partial charge is 0.478 e. The highest BCUT2D eigenvalue weighted by atomic mass is 16.4. The SMILES string of the molecule is CCCCCCCCCC.O=C(O)c1ccccc1C(=O)O. The molecule has 0 bridgehead atoms. The molecule has 0 radical (unpaired) electrons. The van der Waals surface area contributed by atoms with Crippen LogP contribution in [-0.4, -0.2) is 22.2 Å². The standard InChI is InChI=1S/C10H22.C8H6O4/c1-3-5-7-9-10-8-6-4-2;9-7(10)5-3-1-2-4-6(5)8(11)12/h3-10H2,1-2H3;1-4H,(H,9,10)(H,11,12). The first-order valence-electron chi connectivity index (χ1n) is 8.10. The van der Waals surface area contributed by atoms with E-state index in [9.17, 15) is 9.59 Å². The second-order valence-electron chi connectivity index (χ2n) is 5.28. The highest BCUT2D eigenvalue weighted by molar-refractivity contribution is 6.01. The Morgan fingerprint density at radius 1 is 0.727 bits per heavy atom. The van der Waals surface area contributed by atoms with Crippen LogP contribution in [0.15, 0.2) is 24.3 Å². The number of benzene rings is 1. The van der Waals surface area contributed by atoms with Crippen molar-refractivity contribution in [2.75, 3.05) is 0 Å². The van der Waals surface area contributed by atoms with Crippen molar-refractivity contribution in [2.24, 2.45) is 0 Å². The molecule has 0 aromatic heterocycles. The highest BCUT2D eigenvalue weighted by Gasteiger charge is 2.13. The number of carboxylic acid groups (broad SMARTS) is 2. The Morgan fingerprint density at radius 3 is 1.32 bits per heavy atom. The number of hydrogen-bond donors (Lipinski definition) is 2. The summed E-state index contributed by atoms with van der Waals surface area (Å²) in [5, 5.41) is 17.1. The lowest BCUT2D eigenvalue weighted by Gasteiger charge is -1.98. The summed E-state index contributed by atoms with van der Waals surface area (Å²) in [4.78, 5) is 20.9. The van der Waals surface area contributed by atoms with E-state index in [0.717, 1.165) is 0 Å². The van der Waals surface area contributed by atoms with Crippen LogP contribution >= 0.6 is 0 Å². The maximum absolute atomic E-state index is 10.5. The first-order valence-corrected chi connectivity index (χ1v) is 8.10. The van der Waals surface area contributed by atoms with Crippen LogP contribution in [0.4, 0.5) is 0 Å². The summed E-state index contributed by atoms with van der Waals surface area (Å²) in [5.74, 6) is -2.46. The summed E-state index contributed by atoms with van der Waals surface area (Å²) in [7, 11) is 0. The predicted molar refractivity (Wildman–Crippen MR) is 88.6 cm³/mol. The van der Waals surface area contributed by atoms with Gasteiger partial charge in [-0.1, -0.05) is 77.3 Å². The quantitative estimate of drug-likeness (QED) is 0.612. The van der Waals surface area contributed by atoms with E-state index in [-0.39, 0.29) is 11.1 Å². The van der Waals surface area contributed by atoms with E-state index in [2.05, 4.69) is 13.8 Å². The van der Waals surface area contributed by atoms with E-state index in [0.29, 0.717) is 0 Å². The summed E-state index contributed by atoms with van der Waals surface area (Å²) in [6, 6.07) is 5.48. The molecule has 0 amide bonds. The van der Waals surface area contributed by atoms with Crippen LogP contribution in [0.3, 0.4) is 0 Å². The average Bonchev–Trinajstić information content (AvgIpc) is 2.51. The summed E-state index contributed by atoms with van der Waals surface area (Å²) >= 11 is 0. The van der Waals surface area contributed by atoms with Gasteiger partial charge >= 0.3 is 11.9 Å². The van der Waals surface area contributed by atoms with Gasteiger partial charge in [-0.25, -0.2) is 9.59 Å². The topological polar surface area (TPSA) is 74.6 Å². The smallest absolute Gasteiger partial charge is 0.336 e. The van der Waals surface area contributed by atoms with Crippen LogP contribution < -0.4 is 0 Å². The minimum Gasteiger partial charge on any atom is -0.478 e. The predicted octanol–water partition coefficient (Wildman–Crippen LogP) is 5.23. The fraction of sp³-hybridized carbons (Fsp3) is 0.556. The maximum Gasteiger partial charge on any atom is 0.336 e. The molecule has 1 aromatic carbocycles. The molecule has 2 N–H and O–H groups in total. The monoisotopic (exact) mass is 308 g/mol. The third-order valence-corrected chi connectivity index (χ3v) is 3.34.